The van der Waals surface area contributed by atoms with Crippen LogP contribution in [0.2, 0.25) is 5.02 Å². The zero-order chi connectivity index (χ0) is 18.8. The smallest absolute Gasteiger partial charge is 0.277 e. The van der Waals surface area contributed by atoms with Crippen LogP contribution in [-0.4, -0.2) is 26.2 Å². The highest BCUT2D eigenvalue weighted by atomic mass is 35.5. The first kappa shape index (κ1) is 17.0. The second kappa shape index (κ2) is 7.05. The number of aromatic nitrogens is 4. The van der Waals surface area contributed by atoms with Crippen LogP contribution < -0.4 is 5.32 Å². The molecule has 2 heterocycles. The van der Waals surface area contributed by atoms with E-state index in [-0.39, 0.29) is 11.6 Å². The molecule has 0 fully saturated rings. The van der Waals surface area contributed by atoms with Gasteiger partial charge in [-0.2, -0.15) is 5.10 Å². The molecule has 0 radical (unpaired) electrons. The summed E-state index contributed by atoms with van der Waals surface area (Å²) in [5.41, 5.74) is 2.31. The van der Waals surface area contributed by atoms with E-state index in [2.05, 4.69) is 25.7 Å². The zero-order valence-corrected chi connectivity index (χ0v) is 15.0. The predicted molar refractivity (Wildman–Crippen MR) is 101 cm³/mol. The number of carbonyl (C=O) groups is 1. The van der Waals surface area contributed by atoms with Gasteiger partial charge in [0.2, 0.25) is 0 Å². The third-order valence-electron chi connectivity index (χ3n) is 3.83. The number of H-pyrrole nitrogens is 1. The van der Waals surface area contributed by atoms with Crippen LogP contribution in [0.5, 0.6) is 0 Å². The summed E-state index contributed by atoms with van der Waals surface area (Å²) in [5, 5.41) is 14.1. The van der Waals surface area contributed by atoms with Crippen LogP contribution in [-0.2, 0) is 0 Å². The first-order valence-electron chi connectivity index (χ1n) is 8.12. The van der Waals surface area contributed by atoms with Crippen LogP contribution in [0.4, 0.5) is 5.69 Å². The Morgan fingerprint density at radius 2 is 1.93 bits per heavy atom. The van der Waals surface area contributed by atoms with Crippen LogP contribution in [0.1, 0.15) is 16.3 Å². The molecule has 134 valence electrons. The Bertz CT molecular complexity index is 1120. The Kier molecular flexibility index (Phi) is 4.43. The number of aryl methyl sites for hydroxylation is 1. The maximum absolute atomic E-state index is 12.5. The van der Waals surface area contributed by atoms with Gasteiger partial charge in [0.15, 0.2) is 17.3 Å². The number of nitrogens with zero attached hydrogens (tertiary/aromatic N) is 3. The van der Waals surface area contributed by atoms with Gasteiger partial charge in [-0.3, -0.25) is 9.89 Å². The number of carbonyl (C=O) groups excluding carboxylic acids is 1. The molecule has 2 aromatic carbocycles. The maximum Gasteiger partial charge on any atom is 0.277 e. The van der Waals surface area contributed by atoms with E-state index < -0.39 is 0 Å². The van der Waals surface area contributed by atoms with Gasteiger partial charge in [-0.1, -0.05) is 41.0 Å². The van der Waals surface area contributed by atoms with Crippen molar-refractivity contribution in [3.8, 4) is 22.7 Å². The molecular formula is C19H14ClN5O2. The molecule has 1 amide bonds. The van der Waals surface area contributed by atoms with Crippen molar-refractivity contribution < 1.29 is 9.32 Å². The van der Waals surface area contributed by atoms with Crippen molar-refractivity contribution in [1.29, 1.82) is 0 Å². The Labute approximate surface area is 159 Å². The largest absolute Gasteiger partial charge is 0.355 e. The van der Waals surface area contributed by atoms with Crippen molar-refractivity contribution in [2.75, 3.05) is 5.32 Å². The molecule has 2 N–H and O–H groups in total. The number of hydrogen-bond acceptors (Lipinski definition) is 5. The molecule has 8 heteroatoms. The number of rotatable bonds is 4. The van der Waals surface area contributed by atoms with E-state index in [0.717, 1.165) is 17.0 Å². The van der Waals surface area contributed by atoms with Crippen molar-refractivity contribution in [3.63, 3.8) is 0 Å². The molecule has 0 aliphatic carbocycles. The number of aromatic amines is 1. The molecule has 4 aromatic rings. The lowest BCUT2D eigenvalue weighted by molar-refractivity contribution is 0.101. The average Bonchev–Trinajstić information content (AvgIpc) is 3.31. The second-order valence-electron chi connectivity index (χ2n) is 5.87. The number of nitrogens with one attached hydrogen (secondary N) is 2. The quantitative estimate of drug-likeness (QED) is 0.549. The Morgan fingerprint density at radius 3 is 2.70 bits per heavy atom. The Hall–Kier alpha value is -3.45. The molecule has 0 saturated heterocycles. The summed E-state index contributed by atoms with van der Waals surface area (Å²) >= 11 is 5.98. The molecule has 7 nitrogen and oxygen atoms in total. The molecule has 0 spiro atoms. The van der Waals surface area contributed by atoms with Crippen LogP contribution >= 0.6 is 11.6 Å². The molecule has 0 atom stereocenters. The van der Waals surface area contributed by atoms with Crippen molar-refractivity contribution in [2.24, 2.45) is 0 Å². The number of amides is 1. The average molecular weight is 380 g/mol. The predicted octanol–water partition coefficient (Wildman–Crippen LogP) is 4.34. The summed E-state index contributed by atoms with van der Waals surface area (Å²) in [6.07, 6.45) is 0. The lowest BCUT2D eigenvalue weighted by Gasteiger charge is -2.04. The minimum absolute atomic E-state index is 0.170. The van der Waals surface area contributed by atoms with Crippen molar-refractivity contribution in [3.05, 3.63) is 71.1 Å². The van der Waals surface area contributed by atoms with Gasteiger partial charge in [-0.25, -0.2) is 4.98 Å². The van der Waals surface area contributed by atoms with Crippen LogP contribution in [0, 0.1) is 6.92 Å². The SMILES string of the molecule is Cc1nc(-c2cccc(NC(=O)c3cc(-c4cccc(Cl)c4)on3)c2)n[nH]1. The Balaban J connectivity index is 1.53. The highest BCUT2D eigenvalue weighted by Gasteiger charge is 2.15. The van der Waals surface area contributed by atoms with Gasteiger partial charge in [-0.05, 0) is 31.2 Å². The van der Waals surface area contributed by atoms with E-state index in [4.69, 9.17) is 16.1 Å². The molecule has 0 bridgehead atoms. The van der Waals surface area contributed by atoms with Gasteiger partial charge in [0.05, 0.1) is 0 Å². The minimum atomic E-state index is -0.379. The van der Waals surface area contributed by atoms with E-state index >= 15 is 0 Å². The van der Waals surface area contributed by atoms with Gasteiger partial charge >= 0.3 is 0 Å². The maximum atomic E-state index is 12.5. The van der Waals surface area contributed by atoms with Gasteiger partial charge in [0.1, 0.15) is 5.82 Å². The Morgan fingerprint density at radius 1 is 1.11 bits per heavy atom. The van der Waals surface area contributed by atoms with Gasteiger partial charge < -0.3 is 9.84 Å². The molecule has 0 aliphatic heterocycles. The molecule has 4 rings (SSSR count). The van der Waals surface area contributed by atoms with E-state index in [1.54, 1.807) is 36.4 Å². The number of benzene rings is 2. The first-order valence-corrected chi connectivity index (χ1v) is 8.50. The zero-order valence-electron chi connectivity index (χ0n) is 14.2. The van der Waals surface area contributed by atoms with Crippen LogP contribution in [0.3, 0.4) is 0 Å². The fourth-order valence-electron chi connectivity index (χ4n) is 2.56. The molecular weight excluding hydrogens is 366 g/mol. The van der Waals surface area contributed by atoms with E-state index in [0.29, 0.717) is 22.3 Å². The normalized spacial score (nSPS) is 10.7. The first-order chi connectivity index (χ1) is 13.1. The topological polar surface area (TPSA) is 96.7 Å². The van der Waals surface area contributed by atoms with Gasteiger partial charge in [-0.15, -0.1) is 0 Å². The summed E-state index contributed by atoms with van der Waals surface area (Å²) < 4.78 is 5.27. The lowest BCUT2D eigenvalue weighted by Crippen LogP contribution is -2.12. The number of halogens is 1. The monoisotopic (exact) mass is 379 g/mol. The second-order valence-corrected chi connectivity index (χ2v) is 6.30. The molecule has 0 saturated carbocycles. The summed E-state index contributed by atoms with van der Waals surface area (Å²) in [4.78, 5) is 16.8. The molecule has 0 aliphatic rings. The van der Waals surface area contributed by atoms with Gasteiger partial charge in [0.25, 0.3) is 5.91 Å². The highest BCUT2D eigenvalue weighted by molar-refractivity contribution is 6.30. The third-order valence-corrected chi connectivity index (χ3v) is 4.06. The van der Waals surface area contributed by atoms with E-state index in [9.17, 15) is 4.79 Å². The van der Waals surface area contributed by atoms with Crippen molar-refractivity contribution in [2.45, 2.75) is 6.92 Å². The standard InChI is InChI=1S/C19H14ClN5O2/c1-11-21-18(24-23-11)13-5-3-7-15(9-13)22-19(26)16-10-17(27-25-16)12-4-2-6-14(20)8-12/h2-10H,1H3,(H,22,26)(H,21,23,24). The van der Waals surface area contributed by atoms with Crippen LogP contribution in [0.15, 0.2) is 59.1 Å². The number of anilines is 1. The van der Waals surface area contributed by atoms with Gasteiger partial charge in [0, 0.05) is 27.9 Å². The lowest BCUT2D eigenvalue weighted by atomic mass is 10.1. The van der Waals surface area contributed by atoms with E-state index in [1.165, 1.54) is 0 Å². The fourth-order valence-corrected chi connectivity index (χ4v) is 2.75. The summed E-state index contributed by atoms with van der Waals surface area (Å²) in [7, 11) is 0. The number of hydrogen-bond donors (Lipinski definition) is 2. The van der Waals surface area contributed by atoms with Crippen molar-refractivity contribution >= 4 is 23.2 Å². The fraction of sp³-hybridized carbons (Fsp3) is 0.0526. The minimum Gasteiger partial charge on any atom is -0.355 e. The molecule has 27 heavy (non-hydrogen) atoms. The summed E-state index contributed by atoms with van der Waals surface area (Å²) in [5.74, 6) is 1.37. The van der Waals surface area contributed by atoms with Crippen LogP contribution in [0.25, 0.3) is 22.7 Å². The van der Waals surface area contributed by atoms with Crippen molar-refractivity contribution in [1.82, 2.24) is 20.3 Å². The molecule has 0 unspecified atom stereocenters. The molecule has 2 aromatic heterocycles. The highest BCUT2D eigenvalue weighted by Crippen LogP contribution is 2.24. The summed E-state index contributed by atoms with van der Waals surface area (Å²) in [6, 6.07) is 16.0. The summed E-state index contributed by atoms with van der Waals surface area (Å²) in [6.45, 7) is 1.82. The van der Waals surface area contributed by atoms with E-state index in [1.807, 2.05) is 25.1 Å². The third kappa shape index (κ3) is 3.73.